The van der Waals surface area contributed by atoms with Crippen molar-refractivity contribution in [3.63, 3.8) is 0 Å². The Labute approximate surface area is 132 Å². The molecule has 0 aliphatic heterocycles. The van der Waals surface area contributed by atoms with Crippen LogP contribution in [0, 0.1) is 11.3 Å². The molecule has 0 amide bonds. The van der Waals surface area contributed by atoms with Crippen LogP contribution in [-0.2, 0) is 23.9 Å². The smallest absolute Gasteiger partial charge is 0.324 e. The van der Waals surface area contributed by atoms with Crippen LogP contribution in [0.1, 0.15) is 52.9 Å². The normalized spacial score (nSPS) is 12.5. The van der Waals surface area contributed by atoms with Crippen LogP contribution >= 0.6 is 0 Å². The van der Waals surface area contributed by atoms with E-state index in [1.165, 1.54) is 0 Å². The minimum absolute atomic E-state index is 0.0523. The van der Waals surface area contributed by atoms with Gasteiger partial charge in [0.25, 0.3) is 0 Å². The topological polar surface area (TPSA) is 89.9 Å². The molecule has 0 spiro atoms. The van der Waals surface area contributed by atoms with Crippen LogP contribution in [0.4, 0.5) is 0 Å². The van der Waals surface area contributed by atoms with Crippen LogP contribution in [0.15, 0.2) is 0 Å². The molecule has 0 rings (SSSR count). The lowest BCUT2D eigenvalue weighted by molar-refractivity contribution is -0.178. The number of ether oxygens (including phenoxy) is 2. The average Bonchev–Trinajstić information content (AvgIpc) is 2.51. The molecular formula is C16H28O6. The Morgan fingerprint density at radius 1 is 1.05 bits per heavy atom. The van der Waals surface area contributed by atoms with Crippen molar-refractivity contribution in [3.8, 4) is 0 Å². The zero-order valence-corrected chi connectivity index (χ0v) is 13.8. The summed E-state index contributed by atoms with van der Waals surface area (Å²) in [5.41, 5.74) is -1.59. The molecule has 1 atom stereocenters. The Bertz CT molecular complexity index is 335. The predicted molar refractivity (Wildman–Crippen MR) is 81.1 cm³/mol. The van der Waals surface area contributed by atoms with Gasteiger partial charge in [0.1, 0.15) is 6.29 Å². The molecule has 0 aromatic carbocycles. The summed E-state index contributed by atoms with van der Waals surface area (Å²) in [6.07, 6.45) is 2.94. The molecule has 0 bridgehead atoms. The summed E-state index contributed by atoms with van der Waals surface area (Å²) < 4.78 is 10.1. The Kier molecular flexibility index (Phi) is 10.5. The van der Waals surface area contributed by atoms with Gasteiger partial charge < -0.3 is 19.4 Å². The third-order valence-corrected chi connectivity index (χ3v) is 3.75. The maximum Gasteiger partial charge on any atom is 0.324 e. The fourth-order valence-electron chi connectivity index (χ4n) is 2.55. The van der Waals surface area contributed by atoms with Crippen LogP contribution in [0.3, 0.4) is 0 Å². The molecule has 0 fully saturated rings. The number of rotatable bonds is 12. The monoisotopic (exact) mass is 316 g/mol. The first-order valence-electron chi connectivity index (χ1n) is 7.95. The molecule has 6 nitrogen and oxygen atoms in total. The van der Waals surface area contributed by atoms with Crippen molar-refractivity contribution in [3.05, 3.63) is 0 Å². The third kappa shape index (κ3) is 5.09. The fourth-order valence-corrected chi connectivity index (χ4v) is 2.55. The largest absolute Gasteiger partial charge is 0.465 e. The van der Waals surface area contributed by atoms with Gasteiger partial charge in [-0.1, -0.05) is 19.8 Å². The number of aliphatic hydroxyl groups excluding tert-OH is 1. The van der Waals surface area contributed by atoms with Gasteiger partial charge in [-0.25, -0.2) is 0 Å². The molecule has 1 N–H and O–H groups in total. The SMILES string of the molecule is CCOC(=O)C(CCCCCO)(C(=O)OCC)C(C=O)CC. The van der Waals surface area contributed by atoms with Crippen molar-refractivity contribution >= 4 is 18.2 Å². The first-order chi connectivity index (χ1) is 10.5. The number of esters is 2. The minimum atomic E-state index is -1.59. The maximum atomic E-state index is 12.5. The number of carbonyl (C=O) groups excluding carboxylic acids is 3. The van der Waals surface area contributed by atoms with E-state index in [0.717, 1.165) is 0 Å². The maximum absolute atomic E-state index is 12.5. The van der Waals surface area contributed by atoms with Crippen molar-refractivity contribution in [2.24, 2.45) is 11.3 Å². The number of carbonyl (C=O) groups is 3. The summed E-state index contributed by atoms with van der Waals surface area (Å²) >= 11 is 0. The van der Waals surface area contributed by atoms with Crippen LogP contribution in [0.25, 0.3) is 0 Å². The van der Waals surface area contributed by atoms with Crippen LogP contribution in [-0.4, -0.2) is 43.2 Å². The molecule has 6 heteroatoms. The highest BCUT2D eigenvalue weighted by Crippen LogP contribution is 2.38. The van der Waals surface area contributed by atoms with E-state index < -0.39 is 23.3 Å². The highest BCUT2D eigenvalue weighted by atomic mass is 16.6. The van der Waals surface area contributed by atoms with Crippen molar-refractivity contribution < 1.29 is 29.0 Å². The van der Waals surface area contributed by atoms with Gasteiger partial charge in [0.2, 0.25) is 0 Å². The number of aliphatic hydroxyl groups is 1. The standard InChI is InChI=1S/C16H28O6/c1-4-13(12-18)16(14(19)21-5-2,15(20)22-6-3)10-8-7-9-11-17/h12-13,17H,4-11H2,1-3H3. The molecule has 128 valence electrons. The quantitative estimate of drug-likeness (QED) is 0.256. The lowest BCUT2D eigenvalue weighted by Crippen LogP contribution is -2.48. The van der Waals surface area contributed by atoms with E-state index in [2.05, 4.69) is 0 Å². The van der Waals surface area contributed by atoms with Gasteiger partial charge in [-0.3, -0.25) is 9.59 Å². The first-order valence-corrected chi connectivity index (χ1v) is 7.95. The second-order valence-electron chi connectivity index (χ2n) is 5.10. The Morgan fingerprint density at radius 2 is 1.59 bits per heavy atom. The summed E-state index contributed by atoms with van der Waals surface area (Å²) in [7, 11) is 0. The number of hydrogen-bond acceptors (Lipinski definition) is 6. The van der Waals surface area contributed by atoms with Crippen molar-refractivity contribution in [1.29, 1.82) is 0 Å². The molecule has 0 saturated carbocycles. The highest BCUT2D eigenvalue weighted by molar-refractivity contribution is 6.02. The predicted octanol–water partition coefficient (Wildman–Crippen LogP) is 1.88. The van der Waals surface area contributed by atoms with Crippen molar-refractivity contribution in [1.82, 2.24) is 0 Å². The van der Waals surface area contributed by atoms with Gasteiger partial charge in [0.05, 0.1) is 13.2 Å². The molecule has 0 aliphatic carbocycles. The van der Waals surface area contributed by atoms with E-state index in [0.29, 0.717) is 32.0 Å². The molecule has 22 heavy (non-hydrogen) atoms. The second kappa shape index (κ2) is 11.2. The molecule has 0 aromatic heterocycles. The van der Waals surface area contributed by atoms with Crippen LogP contribution in [0.5, 0.6) is 0 Å². The molecule has 1 unspecified atom stereocenters. The zero-order chi connectivity index (χ0) is 17.0. The fraction of sp³-hybridized carbons (Fsp3) is 0.812. The van der Waals surface area contributed by atoms with Crippen molar-refractivity contribution in [2.45, 2.75) is 52.9 Å². The van der Waals surface area contributed by atoms with Gasteiger partial charge in [-0.2, -0.15) is 0 Å². The minimum Gasteiger partial charge on any atom is -0.465 e. The van der Waals surface area contributed by atoms with Crippen LogP contribution in [0.2, 0.25) is 0 Å². The van der Waals surface area contributed by atoms with E-state index in [-0.39, 0.29) is 26.2 Å². The third-order valence-electron chi connectivity index (χ3n) is 3.75. The first kappa shape index (κ1) is 20.6. The summed E-state index contributed by atoms with van der Waals surface area (Å²) in [6.45, 7) is 5.37. The summed E-state index contributed by atoms with van der Waals surface area (Å²) in [5.74, 6) is -2.17. The molecular weight excluding hydrogens is 288 g/mol. The van der Waals surface area contributed by atoms with E-state index in [1.807, 2.05) is 0 Å². The van der Waals surface area contributed by atoms with E-state index in [9.17, 15) is 14.4 Å². The number of unbranched alkanes of at least 4 members (excludes halogenated alkanes) is 2. The molecule has 0 heterocycles. The van der Waals surface area contributed by atoms with E-state index >= 15 is 0 Å². The zero-order valence-electron chi connectivity index (χ0n) is 13.8. The molecule has 0 aliphatic rings. The van der Waals surface area contributed by atoms with Gasteiger partial charge >= 0.3 is 11.9 Å². The molecule has 0 aromatic rings. The van der Waals surface area contributed by atoms with Gasteiger partial charge in [0, 0.05) is 12.5 Å². The van der Waals surface area contributed by atoms with Gasteiger partial charge in [0.15, 0.2) is 5.41 Å². The summed E-state index contributed by atoms with van der Waals surface area (Å²) in [5, 5.41) is 8.84. The van der Waals surface area contributed by atoms with E-state index in [1.54, 1.807) is 20.8 Å². The lowest BCUT2D eigenvalue weighted by atomic mass is 9.71. The Hall–Kier alpha value is -1.43. The Morgan fingerprint density at radius 3 is 1.95 bits per heavy atom. The average molecular weight is 316 g/mol. The van der Waals surface area contributed by atoms with Crippen molar-refractivity contribution in [2.75, 3.05) is 19.8 Å². The highest BCUT2D eigenvalue weighted by Gasteiger charge is 2.53. The van der Waals surface area contributed by atoms with Gasteiger partial charge in [-0.15, -0.1) is 0 Å². The van der Waals surface area contributed by atoms with Gasteiger partial charge in [-0.05, 0) is 33.1 Å². The van der Waals surface area contributed by atoms with E-state index in [4.69, 9.17) is 14.6 Å². The summed E-state index contributed by atoms with van der Waals surface area (Å²) in [6, 6.07) is 0. The molecule has 0 saturated heterocycles. The number of hydrogen-bond donors (Lipinski definition) is 1. The second-order valence-corrected chi connectivity index (χ2v) is 5.10. The summed E-state index contributed by atoms with van der Waals surface area (Å²) in [4.78, 5) is 36.4. The lowest BCUT2D eigenvalue weighted by Gasteiger charge is -2.33. The number of aldehydes is 1. The van der Waals surface area contributed by atoms with Crippen LogP contribution < -0.4 is 0 Å². The Balaban J connectivity index is 5.52. The molecule has 0 radical (unpaired) electrons.